The molecule has 0 aliphatic carbocycles. The molecule has 0 saturated carbocycles. The number of carbonyl (C=O) groups is 1. The van der Waals surface area contributed by atoms with Gasteiger partial charge in [-0.1, -0.05) is 71.6 Å². The summed E-state index contributed by atoms with van der Waals surface area (Å²) in [5, 5.41) is 6.29. The molecule has 1 atom stereocenters. The number of thioether (sulfide) groups is 2. The highest BCUT2D eigenvalue weighted by atomic mass is 32.2. The predicted octanol–water partition coefficient (Wildman–Crippen LogP) is 5.93. The van der Waals surface area contributed by atoms with Gasteiger partial charge < -0.3 is 4.42 Å². The van der Waals surface area contributed by atoms with Crippen molar-refractivity contribution in [2.24, 2.45) is 10.1 Å². The maximum Gasteiger partial charge on any atom is 0.253 e. The minimum absolute atomic E-state index is 0.0457. The number of aliphatic imine (C=N–C) groups is 1. The van der Waals surface area contributed by atoms with Crippen molar-refractivity contribution < 1.29 is 9.21 Å². The number of amides is 1. The molecule has 0 fully saturated rings. The van der Waals surface area contributed by atoms with Crippen molar-refractivity contribution in [2.75, 3.05) is 5.75 Å². The third-order valence-electron chi connectivity index (χ3n) is 5.30. The van der Waals surface area contributed by atoms with E-state index in [1.807, 2.05) is 30.3 Å². The van der Waals surface area contributed by atoms with E-state index in [-0.39, 0.29) is 17.7 Å². The van der Waals surface area contributed by atoms with E-state index in [0.717, 1.165) is 32.9 Å². The molecule has 1 aromatic heterocycles. The molecule has 156 valence electrons. The van der Waals surface area contributed by atoms with Gasteiger partial charge >= 0.3 is 0 Å². The zero-order valence-corrected chi connectivity index (χ0v) is 18.7. The summed E-state index contributed by atoms with van der Waals surface area (Å²) in [6, 6.07) is 19.9. The molecule has 2 aliphatic heterocycles. The monoisotopic (exact) mass is 447 g/mol. The summed E-state index contributed by atoms with van der Waals surface area (Å²) in [6.07, 6.45) is 2.28. The molecule has 31 heavy (non-hydrogen) atoms. The first-order valence-corrected chi connectivity index (χ1v) is 12.1. The first kappa shape index (κ1) is 20.2. The van der Waals surface area contributed by atoms with Gasteiger partial charge in [-0.15, -0.1) is 0 Å². The fourth-order valence-corrected chi connectivity index (χ4v) is 5.55. The van der Waals surface area contributed by atoms with Gasteiger partial charge in [-0.05, 0) is 36.2 Å². The Kier molecular flexibility index (Phi) is 5.70. The van der Waals surface area contributed by atoms with E-state index in [1.54, 1.807) is 23.0 Å². The average molecular weight is 448 g/mol. The zero-order chi connectivity index (χ0) is 21.2. The van der Waals surface area contributed by atoms with Crippen molar-refractivity contribution >= 4 is 45.2 Å². The van der Waals surface area contributed by atoms with E-state index in [9.17, 15) is 4.79 Å². The summed E-state index contributed by atoms with van der Waals surface area (Å²) in [5.74, 6) is 1.87. The standard InChI is InChI=1S/C24H21N3O2S2/c1-16-8-10-17(11-9-16)20-13-21(22-7-4-12-29-22)27(26-20)23(28)15-31-24-25-19-6-3-2-5-18(19)14-30-24/h2-12,21H,13-15H2,1H3. The number of hydrogen-bond donors (Lipinski definition) is 0. The van der Waals surface area contributed by atoms with Crippen LogP contribution in [0.4, 0.5) is 5.69 Å². The van der Waals surface area contributed by atoms with Crippen LogP contribution in [-0.2, 0) is 10.5 Å². The van der Waals surface area contributed by atoms with Crippen molar-refractivity contribution in [3.63, 3.8) is 0 Å². The second-order valence-corrected chi connectivity index (χ2v) is 9.66. The second-order valence-electron chi connectivity index (χ2n) is 7.47. The Morgan fingerprint density at radius 3 is 2.81 bits per heavy atom. The van der Waals surface area contributed by atoms with Crippen LogP contribution >= 0.6 is 23.5 Å². The molecule has 2 aromatic carbocycles. The number of para-hydroxylation sites is 1. The summed E-state index contributed by atoms with van der Waals surface area (Å²) in [4.78, 5) is 17.9. The molecule has 1 unspecified atom stereocenters. The van der Waals surface area contributed by atoms with Gasteiger partial charge in [-0.25, -0.2) is 10.0 Å². The molecule has 0 bridgehead atoms. The molecule has 2 aliphatic rings. The summed E-state index contributed by atoms with van der Waals surface area (Å²) in [5.41, 5.74) is 5.35. The van der Waals surface area contributed by atoms with E-state index in [2.05, 4.69) is 37.3 Å². The Morgan fingerprint density at radius 2 is 2.00 bits per heavy atom. The van der Waals surface area contributed by atoms with E-state index < -0.39 is 0 Å². The summed E-state index contributed by atoms with van der Waals surface area (Å²) >= 11 is 3.15. The quantitative estimate of drug-likeness (QED) is 0.497. The Balaban J connectivity index is 1.34. The first-order valence-electron chi connectivity index (χ1n) is 10.1. The van der Waals surface area contributed by atoms with E-state index in [4.69, 9.17) is 14.5 Å². The average Bonchev–Trinajstić information content (AvgIpc) is 3.48. The fraction of sp³-hybridized carbons (Fsp3) is 0.208. The molecule has 7 heteroatoms. The number of fused-ring (bicyclic) bond motifs is 1. The van der Waals surface area contributed by atoms with Gasteiger partial charge in [-0.3, -0.25) is 4.79 Å². The Bertz CT molecular complexity index is 1150. The second kappa shape index (κ2) is 8.77. The van der Waals surface area contributed by atoms with Gasteiger partial charge in [0.05, 0.1) is 23.4 Å². The minimum atomic E-state index is -0.221. The third kappa shape index (κ3) is 4.34. The largest absolute Gasteiger partial charge is 0.467 e. The minimum Gasteiger partial charge on any atom is -0.467 e. The number of rotatable bonds is 4. The zero-order valence-electron chi connectivity index (χ0n) is 17.0. The van der Waals surface area contributed by atoms with Gasteiger partial charge in [0.1, 0.15) is 16.2 Å². The molecule has 0 radical (unpaired) electrons. The predicted molar refractivity (Wildman–Crippen MR) is 128 cm³/mol. The van der Waals surface area contributed by atoms with E-state index >= 15 is 0 Å². The lowest BCUT2D eigenvalue weighted by Gasteiger charge is -2.20. The van der Waals surface area contributed by atoms with Gasteiger partial charge in [0.2, 0.25) is 0 Å². The van der Waals surface area contributed by atoms with Crippen LogP contribution < -0.4 is 0 Å². The van der Waals surface area contributed by atoms with E-state index in [0.29, 0.717) is 6.42 Å². The van der Waals surface area contributed by atoms with Crippen LogP contribution in [0.2, 0.25) is 0 Å². The Hall–Kier alpha value is -2.77. The molecule has 0 saturated heterocycles. The Morgan fingerprint density at radius 1 is 1.16 bits per heavy atom. The molecule has 3 heterocycles. The molecule has 1 amide bonds. The Labute approximate surface area is 189 Å². The van der Waals surface area contributed by atoms with Crippen LogP contribution in [0.15, 0.2) is 81.4 Å². The lowest BCUT2D eigenvalue weighted by Crippen LogP contribution is -2.28. The third-order valence-corrected chi connectivity index (χ3v) is 7.53. The summed E-state index contributed by atoms with van der Waals surface area (Å²) in [6.45, 7) is 2.06. The van der Waals surface area contributed by atoms with Crippen LogP contribution in [0, 0.1) is 6.92 Å². The number of carbonyl (C=O) groups excluding carboxylic acids is 1. The van der Waals surface area contributed by atoms with Crippen LogP contribution in [0.25, 0.3) is 0 Å². The summed E-state index contributed by atoms with van der Waals surface area (Å²) in [7, 11) is 0. The fourth-order valence-electron chi connectivity index (χ4n) is 3.64. The number of nitrogens with zero attached hydrogens (tertiary/aromatic N) is 3. The van der Waals surface area contributed by atoms with Crippen molar-refractivity contribution in [1.29, 1.82) is 0 Å². The molecule has 5 rings (SSSR count). The number of benzene rings is 2. The van der Waals surface area contributed by atoms with E-state index in [1.165, 1.54) is 22.9 Å². The lowest BCUT2D eigenvalue weighted by atomic mass is 10.0. The highest BCUT2D eigenvalue weighted by Crippen LogP contribution is 2.36. The first-order chi connectivity index (χ1) is 15.2. The summed E-state index contributed by atoms with van der Waals surface area (Å²) < 4.78 is 6.55. The van der Waals surface area contributed by atoms with Gasteiger partial charge in [-0.2, -0.15) is 5.10 Å². The normalized spacial score (nSPS) is 17.8. The van der Waals surface area contributed by atoms with Crippen molar-refractivity contribution in [3.05, 3.63) is 89.4 Å². The van der Waals surface area contributed by atoms with Crippen molar-refractivity contribution in [2.45, 2.75) is 25.1 Å². The van der Waals surface area contributed by atoms with Crippen LogP contribution in [0.1, 0.15) is 34.9 Å². The number of furan rings is 1. The van der Waals surface area contributed by atoms with Crippen molar-refractivity contribution in [1.82, 2.24) is 5.01 Å². The van der Waals surface area contributed by atoms with Gasteiger partial charge in [0.15, 0.2) is 0 Å². The van der Waals surface area contributed by atoms with Crippen molar-refractivity contribution in [3.8, 4) is 0 Å². The highest BCUT2D eigenvalue weighted by molar-refractivity contribution is 8.38. The number of hydrazone groups is 1. The van der Waals surface area contributed by atoms with Gasteiger partial charge in [0, 0.05) is 12.2 Å². The molecular formula is C24H21N3O2S2. The highest BCUT2D eigenvalue weighted by Gasteiger charge is 2.35. The smallest absolute Gasteiger partial charge is 0.253 e. The molecular weight excluding hydrogens is 426 g/mol. The molecule has 0 spiro atoms. The maximum atomic E-state index is 13.2. The van der Waals surface area contributed by atoms with Crippen LogP contribution in [-0.4, -0.2) is 26.8 Å². The topological polar surface area (TPSA) is 58.2 Å². The molecule has 5 nitrogen and oxygen atoms in total. The lowest BCUT2D eigenvalue weighted by molar-refractivity contribution is -0.130. The van der Waals surface area contributed by atoms with Gasteiger partial charge in [0.25, 0.3) is 5.91 Å². The SMILES string of the molecule is Cc1ccc(C2=NN(C(=O)CSC3=Nc4ccccc4CS3)C(c3ccco3)C2)cc1. The molecule has 0 N–H and O–H groups in total. The molecule has 3 aromatic rings. The number of aryl methyl sites for hydroxylation is 1. The van der Waals surface area contributed by atoms with Crippen LogP contribution in [0.5, 0.6) is 0 Å². The maximum absolute atomic E-state index is 13.2. The number of hydrogen-bond acceptors (Lipinski definition) is 6. The van der Waals surface area contributed by atoms with Crippen LogP contribution in [0.3, 0.4) is 0 Å².